The van der Waals surface area contributed by atoms with Crippen LogP contribution in [0.2, 0.25) is 0 Å². The van der Waals surface area contributed by atoms with Gasteiger partial charge in [0.15, 0.2) is 5.78 Å². The van der Waals surface area contributed by atoms with Crippen LogP contribution in [0, 0.1) is 23.2 Å². The van der Waals surface area contributed by atoms with E-state index in [1.54, 1.807) is 0 Å². The van der Waals surface area contributed by atoms with Gasteiger partial charge in [-0.25, -0.2) is 4.68 Å². The van der Waals surface area contributed by atoms with Crippen molar-refractivity contribution in [2.75, 3.05) is 0 Å². The van der Waals surface area contributed by atoms with Gasteiger partial charge >= 0.3 is 0 Å². The zero-order valence-electron chi connectivity index (χ0n) is 15.8. The first-order valence-corrected chi connectivity index (χ1v) is 11.0. The lowest BCUT2D eigenvalue weighted by Crippen LogP contribution is -2.51. The monoisotopic (exact) mass is 382 g/mol. The van der Waals surface area contributed by atoms with Crippen LogP contribution < -0.4 is 0 Å². The van der Waals surface area contributed by atoms with Crippen molar-refractivity contribution >= 4 is 17.5 Å². The molecule has 1 aromatic heterocycles. The Morgan fingerprint density at radius 2 is 1.78 bits per heavy atom. The summed E-state index contributed by atoms with van der Waals surface area (Å²) < 4.78 is 1.81. The van der Waals surface area contributed by atoms with Gasteiger partial charge in [-0.15, -0.1) is 5.10 Å². The Hall–Kier alpha value is -1.69. The average molecular weight is 383 g/mol. The normalized spacial score (nSPS) is 32.6. The first-order chi connectivity index (χ1) is 13.1. The Labute approximate surface area is 164 Å². The zero-order valence-corrected chi connectivity index (χ0v) is 16.6. The van der Waals surface area contributed by atoms with Crippen LogP contribution in [-0.4, -0.2) is 31.2 Å². The predicted molar refractivity (Wildman–Crippen MR) is 104 cm³/mol. The molecule has 0 radical (unpaired) electrons. The summed E-state index contributed by atoms with van der Waals surface area (Å²) in [7, 11) is 0. The highest BCUT2D eigenvalue weighted by molar-refractivity contribution is 8.00. The first kappa shape index (κ1) is 17.4. The lowest BCUT2D eigenvalue weighted by atomic mass is 9.48. The number of hydrogen-bond donors (Lipinski definition) is 0. The van der Waals surface area contributed by atoms with Crippen LogP contribution in [0.1, 0.15) is 51.0 Å². The second-order valence-electron chi connectivity index (χ2n) is 8.93. The number of rotatable bonds is 6. The molecule has 4 bridgehead atoms. The molecule has 6 rings (SSSR count). The summed E-state index contributed by atoms with van der Waals surface area (Å²) in [5.41, 5.74) is 1.10. The van der Waals surface area contributed by atoms with Crippen LogP contribution in [0.15, 0.2) is 35.5 Å². The highest BCUT2D eigenvalue weighted by Crippen LogP contribution is 2.61. The molecular weight excluding hydrogens is 356 g/mol. The van der Waals surface area contributed by atoms with Crippen molar-refractivity contribution in [2.24, 2.45) is 23.2 Å². The van der Waals surface area contributed by atoms with E-state index in [1.165, 1.54) is 31.0 Å². The van der Waals surface area contributed by atoms with E-state index in [2.05, 4.69) is 27.7 Å². The molecule has 5 nitrogen and oxygen atoms in total. The number of Topliss-reactive ketones (excluding diaryl/α,β-unsaturated/α-hetero) is 1. The van der Waals surface area contributed by atoms with Crippen LogP contribution >= 0.6 is 11.8 Å². The zero-order chi connectivity index (χ0) is 18.4. The van der Waals surface area contributed by atoms with Crippen molar-refractivity contribution in [3.05, 3.63) is 35.9 Å². The summed E-state index contributed by atoms with van der Waals surface area (Å²) in [4.78, 5) is 13.5. The van der Waals surface area contributed by atoms with Gasteiger partial charge in [0.25, 0.3) is 0 Å². The molecule has 4 saturated carbocycles. The molecule has 1 unspecified atom stereocenters. The molecular formula is C21H26N4OS. The molecule has 0 amide bonds. The molecule has 0 spiro atoms. The second-order valence-corrected chi connectivity index (χ2v) is 10.2. The van der Waals surface area contributed by atoms with E-state index >= 15 is 0 Å². The van der Waals surface area contributed by atoms with E-state index in [9.17, 15) is 4.79 Å². The lowest BCUT2D eigenvalue weighted by Gasteiger charge is -2.56. The smallest absolute Gasteiger partial charge is 0.210 e. The number of ketones is 1. The molecule has 0 aliphatic heterocycles. The number of benzene rings is 1. The van der Waals surface area contributed by atoms with Gasteiger partial charge in [0.05, 0.1) is 11.8 Å². The summed E-state index contributed by atoms with van der Waals surface area (Å²) in [6.07, 6.45) is 7.46. The van der Waals surface area contributed by atoms with Gasteiger partial charge in [0, 0.05) is 5.41 Å². The maximum Gasteiger partial charge on any atom is 0.210 e. The van der Waals surface area contributed by atoms with Crippen molar-refractivity contribution in [1.82, 2.24) is 20.2 Å². The third-order valence-corrected chi connectivity index (χ3v) is 7.96. The van der Waals surface area contributed by atoms with Gasteiger partial charge in [0.1, 0.15) is 0 Å². The molecule has 4 aliphatic rings. The predicted octanol–water partition coefficient (Wildman–Crippen LogP) is 3.99. The largest absolute Gasteiger partial charge is 0.298 e. The lowest BCUT2D eigenvalue weighted by molar-refractivity contribution is -0.142. The summed E-state index contributed by atoms with van der Waals surface area (Å²) in [5, 5.41) is 12.8. The SMILES string of the molecule is CC(Sc1nnnn1Cc1ccccc1)C(=O)C12CC3CC(CC(C3)C1)C2. The summed E-state index contributed by atoms with van der Waals surface area (Å²) in [6.45, 7) is 2.68. The highest BCUT2D eigenvalue weighted by atomic mass is 32.2. The van der Waals surface area contributed by atoms with E-state index in [1.807, 2.05) is 29.8 Å². The number of carbonyl (C=O) groups is 1. The minimum Gasteiger partial charge on any atom is -0.298 e. The van der Waals surface area contributed by atoms with Crippen LogP contribution in [0.25, 0.3) is 0 Å². The molecule has 1 atom stereocenters. The van der Waals surface area contributed by atoms with E-state index in [4.69, 9.17) is 0 Å². The number of nitrogens with zero attached hydrogens (tertiary/aromatic N) is 4. The minimum atomic E-state index is -0.0956. The van der Waals surface area contributed by atoms with Gasteiger partial charge < -0.3 is 0 Å². The molecule has 0 N–H and O–H groups in total. The summed E-state index contributed by atoms with van der Waals surface area (Å²) >= 11 is 1.53. The topological polar surface area (TPSA) is 60.7 Å². The molecule has 2 aromatic rings. The Bertz CT molecular complexity index is 798. The van der Waals surface area contributed by atoms with Gasteiger partial charge in [-0.05, 0) is 79.2 Å². The average Bonchev–Trinajstić information content (AvgIpc) is 3.07. The molecule has 1 heterocycles. The number of carbonyl (C=O) groups excluding carboxylic acids is 1. The Morgan fingerprint density at radius 3 is 2.41 bits per heavy atom. The number of thioether (sulfide) groups is 1. The van der Waals surface area contributed by atoms with Crippen molar-refractivity contribution in [1.29, 1.82) is 0 Å². The van der Waals surface area contributed by atoms with Crippen molar-refractivity contribution in [3.63, 3.8) is 0 Å². The molecule has 142 valence electrons. The first-order valence-electron chi connectivity index (χ1n) is 10.1. The quantitative estimate of drug-likeness (QED) is 0.707. The fraction of sp³-hybridized carbons (Fsp3) is 0.619. The third kappa shape index (κ3) is 3.22. The number of aromatic nitrogens is 4. The van der Waals surface area contributed by atoms with Gasteiger partial charge in [-0.1, -0.05) is 42.1 Å². The van der Waals surface area contributed by atoms with Crippen LogP contribution in [0.4, 0.5) is 0 Å². The Kier molecular flexibility index (Phi) is 4.34. The minimum absolute atomic E-state index is 0.0567. The van der Waals surface area contributed by atoms with Gasteiger partial charge in [-0.2, -0.15) is 0 Å². The summed E-state index contributed by atoms with van der Waals surface area (Å²) in [5.74, 6) is 2.82. The molecule has 27 heavy (non-hydrogen) atoms. The fourth-order valence-corrected chi connectivity index (χ4v) is 7.17. The number of hydrogen-bond acceptors (Lipinski definition) is 5. The van der Waals surface area contributed by atoms with E-state index in [0.717, 1.165) is 47.7 Å². The van der Waals surface area contributed by atoms with Gasteiger partial charge in [-0.3, -0.25) is 4.79 Å². The van der Waals surface area contributed by atoms with Crippen molar-refractivity contribution in [3.8, 4) is 0 Å². The second kappa shape index (κ2) is 6.73. The van der Waals surface area contributed by atoms with E-state index in [0.29, 0.717) is 12.3 Å². The molecule has 6 heteroatoms. The van der Waals surface area contributed by atoms with Crippen LogP contribution in [-0.2, 0) is 11.3 Å². The summed E-state index contributed by atoms with van der Waals surface area (Å²) in [6, 6.07) is 10.2. The Balaban J connectivity index is 1.31. The third-order valence-electron chi connectivity index (χ3n) is 6.89. The van der Waals surface area contributed by atoms with Crippen LogP contribution in [0.5, 0.6) is 0 Å². The van der Waals surface area contributed by atoms with E-state index in [-0.39, 0.29) is 10.7 Å². The van der Waals surface area contributed by atoms with Crippen molar-refractivity contribution in [2.45, 2.75) is 62.4 Å². The van der Waals surface area contributed by atoms with Crippen LogP contribution in [0.3, 0.4) is 0 Å². The molecule has 4 fully saturated rings. The maximum absolute atomic E-state index is 13.5. The Morgan fingerprint density at radius 1 is 1.15 bits per heavy atom. The van der Waals surface area contributed by atoms with Gasteiger partial charge in [0.2, 0.25) is 5.16 Å². The fourth-order valence-electron chi connectivity index (χ4n) is 6.19. The molecule has 1 aromatic carbocycles. The molecule has 0 saturated heterocycles. The standard InChI is InChI=1S/C21H26N4OS/c1-14(19(26)21-10-16-7-17(11-21)9-18(8-16)12-21)27-20-22-23-24-25(20)13-15-5-3-2-4-6-15/h2-6,14,16-18H,7-13H2,1H3. The highest BCUT2D eigenvalue weighted by Gasteiger charge is 2.55. The number of tetrazole rings is 1. The van der Waals surface area contributed by atoms with E-state index < -0.39 is 0 Å². The molecule has 4 aliphatic carbocycles. The van der Waals surface area contributed by atoms with Crippen molar-refractivity contribution < 1.29 is 4.79 Å². The maximum atomic E-state index is 13.5.